The lowest BCUT2D eigenvalue weighted by molar-refractivity contribution is -0.110. The molecule has 1 aromatic carbocycles. The van der Waals surface area contributed by atoms with E-state index in [1.165, 1.54) is 0 Å². The summed E-state index contributed by atoms with van der Waals surface area (Å²) < 4.78 is 8.68. The Balaban J connectivity index is 0.000000161. The molecular formula is C33H43N9O2S. The summed E-state index contributed by atoms with van der Waals surface area (Å²) in [6.45, 7) is 7.85. The number of thioether (sulfide) groups is 1. The van der Waals surface area contributed by atoms with Gasteiger partial charge in [0, 0.05) is 81.9 Å². The largest absolute Gasteiger partial charge is 0.383 e. The lowest BCUT2D eigenvalue weighted by Crippen LogP contribution is -2.32. The molecule has 5 heterocycles. The SMILES string of the molecule is C/C=C1/CSC(c2ccccn2)=N1.CNc1c(C)c(-c2cnn(C)c2)nn1-c1ccccc1.COCCN1CC[C@H](NC=O)C1. The first kappa shape index (κ1) is 33.6. The number of hydrogen-bond donors (Lipinski definition) is 2. The van der Waals surface area contributed by atoms with Gasteiger partial charge in [-0.3, -0.25) is 19.4 Å². The van der Waals surface area contributed by atoms with Gasteiger partial charge in [-0.25, -0.2) is 9.67 Å². The van der Waals surface area contributed by atoms with Gasteiger partial charge in [-0.1, -0.05) is 42.1 Å². The Morgan fingerprint density at radius 1 is 1.16 bits per heavy atom. The van der Waals surface area contributed by atoms with Crippen molar-refractivity contribution >= 4 is 29.0 Å². The van der Waals surface area contributed by atoms with Gasteiger partial charge in [0.2, 0.25) is 6.41 Å². The van der Waals surface area contributed by atoms with E-state index in [-0.39, 0.29) is 0 Å². The molecule has 6 rings (SSSR count). The maximum absolute atomic E-state index is 10.1. The summed E-state index contributed by atoms with van der Waals surface area (Å²) in [7, 11) is 5.53. The summed E-state index contributed by atoms with van der Waals surface area (Å²) in [6.07, 6.45) is 9.50. The summed E-state index contributed by atoms with van der Waals surface area (Å²) in [5, 5.41) is 16.0. The minimum atomic E-state index is 0.347. The number of anilines is 1. The lowest BCUT2D eigenvalue weighted by atomic mass is 10.1. The third-order valence-corrected chi connectivity index (χ3v) is 8.36. The molecule has 2 N–H and O–H groups in total. The Labute approximate surface area is 269 Å². The minimum Gasteiger partial charge on any atom is -0.383 e. The number of nitrogens with one attached hydrogen (secondary N) is 2. The van der Waals surface area contributed by atoms with E-state index in [9.17, 15) is 4.79 Å². The fourth-order valence-electron chi connectivity index (χ4n) is 4.96. The highest BCUT2D eigenvalue weighted by Crippen LogP contribution is 2.29. The zero-order chi connectivity index (χ0) is 32.0. The summed E-state index contributed by atoms with van der Waals surface area (Å²) in [6, 6.07) is 16.3. The zero-order valence-electron chi connectivity index (χ0n) is 26.7. The molecule has 11 nitrogen and oxygen atoms in total. The monoisotopic (exact) mass is 629 g/mol. The molecule has 0 unspecified atom stereocenters. The number of carbonyl (C=O) groups excluding carboxylic acids is 1. The maximum atomic E-state index is 10.1. The van der Waals surface area contributed by atoms with Crippen molar-refractivity contribution in [2.75, 3.05) is 51.5 Å². The quantitative estimate of drug-likeness (QED) is 0.259. The number of carbonyl (C=O) groups is 1. The number of aromatic nitrogens is 5. The van der Waals surface area contributed by atoms with Crippen LogP contribution >= 0.6 is 11.8 Å². The van der Waals surface area contributed by atoms with E-state index < -0.39 is 0 Å². The van der Waals surface area contributed by atoms with Crippen molar-refractivity contribution in [1.29, 1.82) is 0 Å². The van der Waals surface area contributed by atoms with Crippen molar-refractivity contribution in [2.24, 2.45) is 12.0 Å². The number of amides is 1. The number of benzene rings is 1. The first-order chi connectivity index (χ1) is 22.0. The van der Waals surface area contributed by atoms with Gasteiger partial charge in [0.05, 0.1) is 24.2 Å². The zero-order valence-corrected chi connectivity index (χ0v) is 27.5. The van der Waals surface area contributed by atoms with Crippen molar-refractivity contribution in [2.45, 2.75) is 26.3 Å². The number of methoxy groups -OCH3 is 1. The highest BCUT2D eigenvalue weighted by atomic mass is 32.2. The van der Waals surface area contributed by atoms with Crippen LogP contribution in [0.25, 0.3) is 16.9 Å². The van der Waals surface area contributed by atoms with E-state index in [1.54, 1.807) is 29.8 Å². The molecular weight excluding hydrogens is 586 g/mol. The molecule has 1 saturated heterocycles. The van der Waals surface area contributed by atoms with Gasteiger partial charge in [-0.15, -0.1) is 0 Å². The van der Waals surface area contributed by atoms with Crippen molar-refractivity contribution in [1.82, 2.24) is 34.8 Å². The van der Waals surface area contributed by atoms with Crippen LogP contribution in [0.1, 0.15) is 24.6 Å². The Bertz CT molecular complexity index is 1550. The molecule has 45 heavy (non-hydrogen) atoms. The van der Waals surface area contributed by atoms with Crippen LogP contribution in [0.15, 0.2) is 83.9 Å². The van der Waals surface area contributed by atoms with Crippen LogP contribution in [0.3, 0.4) is 0 Å². The summed E-state index contributed by atoms with van der Waals surface area (Å²) >= 11 is 1.75. The number of aliphatic imine (C=N–C) groups is 1. The summed E-state index contributed by atoms with van der Waals surface area (Å²) in [4.78, 5) is 21.1. The van der Waals surface area contributed by atoms with Gasteiger partial charge in [-0.2, -0.15) is 10.2 Å². The maximum Gasteiger partial charge on any atom is 0.207 e. The second-order valence-corrected chi connectivity index (χ2v) is 11.5. The van der Waals surface area contributed by atoms with Crippen LogP contribution in [-0.4, -0.2) is 93.1 Å². The molecule has 0 aliphatic carbocycles. The van der Waals surface area contributed by atoms with Crippen LogP contribution < -0.4 is 10.6 Å². The molecule has 2 aliphatic rings. The van der Waals surface area contributed by atoms with Gasteiger partial charge in [0.15, 0.2) is 0 Å². The Hall–Kier alpha value is -4.26. The molecule has 0 bridgehead atoms. The van der Waals surface area contributed by atoms with Gasteiger partial charge < -0.3 is 15.4 Å². The van der Waals surface area contributed by atoms with Crippen molar-refractivity contribution < 1.29 is 9.53 Å². The van der Waals surface area contributed by atoms with Crippen molar-refractivity contribution in [3.63, 3.8) is 0 Å². The molecule has 1 amide bonds. The average molecular weight is 630 g/mol. The number of allylic oxidation sites excluding steroid dienone is 1. The van der Waals surface area contributed by atoms with Gasteiger partial charge in [0.1, 0.15) is 16.6 Å². The Morgan fingerprint density at radius 2 is 1.96 bits per heavy atom. The molecule has 4 aromatic rings. The third kappa shape index (κ3) is 9.37. The normalized spacial score (nSPS) is 16.8. The Kier molecular flexibility index (Phi) is 12.9. The smallest absolute Gasteiger partial charge is 0.207 e. The predicted molar refractivity (Wildman–Crippen MR) is 183 cm³/mol. The molecule has 0 saturated carbocycles. The number of ether oxygens (including phenoxy) is 1. The van der Waals surface area contributed by atoms with Crippen LogP contribution in [-0.2, 0) is 16.6 Å². The molecule has 0 radical (unpaired) electrons. The number of hydrogen-bond acceptors (Lipinski definition) is 9. The summed E-state index contributed by atoms with van der Waals surface area (Å²) in [5.41, 5.74) is 6.25. The first-order valence-corrected chi connectivity index (χ1v) is 16.0. The Morgan fingerprint density at radius 3 is 2.58 bits per heavy atom. The molecule has 12 heteroatoms. The number of nitrogens with zero attached hydrogens (tertiary/aromatic N) is 7. The molecule has 3 aromatic heterocycles. The summed E-state index contributed by atoms with van der Waals surface area (Å²) in [5.74, 6) is 1.97. The topological polar surface area (TPSA) is 114 Å². The molecule has 2 aliphatic heterocycles. The number of likely N-dealkylation sites (tertiary alicyclic amines) is 1. The number of para-hydroxylation sites is 1. The lowest BCUT2D eigenvalue weighted by Gasteiger charge is -2.14. The van der Waals surface area contributed by atoms with Gasteiger partial charge >= 0.3 is 0 Å². The van der Waals surface area contributed by atoms with E-state index in [0.717, 1.165) is 89.6 Å². The van der Waals surface area contributed by atoms with Crippen molar-refractivity contribution in [3.05, 3.63) is 90.2 Å². The van der Waals surface area contributed by atoms with E-state index >= 15 is 0 Å². The highest BCUT2D eigenvalue weighted by Gasteiger charge is 2.21. The van der Waals surface area contributed by atoms with Crippen LogP contribution in [0.2, 0.25) is 0 Å². The first-order valence-electron chi connectivity index (χ1n) is 15.0. The molecule has 1 atom stereocenters. The van der Waals surface area contributed by atoms with E-state index in [0.29, 0.717) is 6.04 Å². The fraction of sp³-hybridized carbons (Fsp3) is 0.364. The fourth-order valence-corrected chi connectivity index (χ4v) is 5.92. The van der Waals surface area contributed by atoms with Crippen LogP contribution in [0.5, 0.6) is 0 Å². The second-order valence-electron chi connectivity index (χ2n) is 10.5. The van der Waals surface area contributed by atoms with Crippen LogP contribution in [0, 0.1) is 6.92 Å². The predicted octanol–water partition coefficient (Wildman–Crippen LogP) is 4.55. The van der Waals surface area contributed by atoms with Gasteiger partial charge in [-0.05, 0) is 44.5 Å². The van der Waals surface area contributed by atoms with Gasteiger partial charge in [0.25, 0.3) is 0 Å². The third-order valence-electron chi connectivity index (χ3n) is 7.35. The highest BCUT2D eigenvalue weighted by molar-refractivity contribution is 8.14. The molecule has 238 valence electrons. The van der Waals surface area contributed by atoms with Crippen LogP contribution in [0.4, 0.5) is 5.82 Å². The van der Waals surface area contributed by atoms with E-state index in [4.69, 9.17) is 9.84 Å². The number of pyridine rings is 1. The second kappa shape index (κ2) is 17.3. The van der Waals surface area contributed by atoms with Crippen molar-refractivity contribution in [3.8, 4) is 16.9 Å². The van der Waals surface area contributed by atoms with E-state index in [1.807, 2.05) is 92.7 Å². The number of rotatable bonds is 9. The van der Waals surface area contributed by atoms with E-state index in [2.05, 4.69) is 37.5 Å². The standard InChI is InChI=1S/C15H17N5.C10H10N2S.C8H16N2O2/c1-11-14(12-9-17-19(3)10-12)18-20(15(11)16-2)13-7-5-4-6-8-13;1-2-8-7-13-10(12-8)9-5-3-4-6-11-9;1-12-5-4-10-3-2-8(6-10)9-7-11/h4-10,16H,1-3H3;2-6H,7H2,1H3;7-8H,2-6H2,1H3,(H,9,11)/b;8-2-;/t;;8-/m..0/s1. The number of aryl methyl sites for hydroxylation is 1. The minimum absolute atomic E-state index is 0.347. The molecule has 1 fully saturated rings. The average Bonchev–Trinajstić information content (AvgIpc) is 3.89. The molecule has 0 spiro atoms.